The van der Waals surface area contributed by atoms with Crippen molar-refractivity contribution < 1.29 is 19.5 Å². The van der Waals surface area contributed by atoms with Crippen LogP contribution in [0.2, 0.25) is 0 Å². The van der Waals surface area contributed by atoms with Crippen molar-refractivity contribution in [3.63, 3.8) is 0 Å². The largest absolute Gasteiger partial charge is 0.508 e. The first-order valence-corrected chi connectivity index (χ1v) is 10.2. The van der Waals surface area contributed by atoms with Crippen LogP contribution in [0, 0.1) is 13.8 Å². The molecule has 3 aromatic rings. The molecule has 1 aliphatic heterocycles. The topological polar surface area (TPSA) is 91.6 Å². The van der Waals surface area contributed by atoms with E-state index < -0.39 is 17.8 Å². The van der Waals surface area contributed by atoms with E-state index in [9.17, 15) is 19.5 Å². The van der Waals surface area contributed by atoms with Gasteiger partial charge in [-0.25, -0.2) is 9.69 Å². The minimum absolute atomic E-state index is 0.131. The van der Waals surface area contributed by atoms with E-state index in [0.717, 1.165) is 26.4 Å². The highest BCUT2D eigenvalue weighted by atomic mass is 79.9. The van der Waals surface area contributed by atoms with Crippen LogP contribution in [0.5, 0.6) is 5.75 Å². The number of aromatic hydroxyl groups is 1. The summed E-state index contributed by atoms with van der Waals surface area (Å²) in [4.78, 5) is 38.8. The molecule has 1 saturated heterocycles. The van der Waals surface area contributed by atoms with E-state index in [2.05, 4.69) is 21.2 Å². The number of halogens is 1. The Morgan fingerprint density at radius 1 is 0.935 bits per heavy atom. The van der Waals surface area contributed by atoms with Crippen molar-refractivity contribution >= 4 is 45.5 Å². The predicted octanol–water partition coefficient (Wildman–Crippen LogP) is 4.23. The van der Waals surface area contributed by atoms with Gasteiger partial charge in [-0.1, -0.05) is 15.9 Å². The Labute approximate surface area is 186 Å². The second kappa shape index (κ2) is 7.88. The van der Waals surface area contributed by atoms with Crippen molar-refractivity contribution in [2.24, 2.45) is 0 Å². The van der Waals surface area contributed by atoms with Gasteiger partial charge in [0.2, 0.25) is 0 Å². The maximum absolute atomic E-state index is 13.1. The van der Waals surface area contributed by atoms with E-state index >= 15 is 0 Å². The molecule has 0 radical (unpaired) electrons. The van der Waals surface area contributed by atoms with Crippen LogP contribution in [-0.2, 0) is 9.59 Å². The maximum Gasteiger partial charge on any atom is 0.335 e. The fourth-order valence-corrected chi connectivity index (χ4v) is 3.83. The van der Waals surface area contributed by atoms with Gasteiger partial charge in [0.15, 0.2) is 0 Å². The molecule has 2 heterocycles. The van der Waals surface area contributed by atoms with Gasteiger partial charge < -0.3 is 9.67 Å². The van der Waals surface area contributed by atoms with Crippen molar-refractivity contribution in [1.29, 1.82) is 0 Å². The summed E-state index contributed by atoms with van der Waals surface area (Å²) in [5.74, 6) is -1.26. The number of carbonyl (C=O) groups excluding carboxylic acids is 3. The number of anilines is 1. The number of nitrogens with zero attached hydrogens (tertiary/aromatic N) is 2. The Hall–Kier alpha value is -3.65. The van der Waals surface area contributed by atoms with Crippen molar-refractivity contribution in [3.05, 3.63) is 81.6 Å². The molecule has 0 aliphatic carbocycles. The summed E-state index contributed by atoms with van der Waals surface area (Å²) in [6.07, 6.45) is 1.50. The lowest BCUT2D eigenvalue weighted by Crippen LogP contribution is -2.54. The first-order valence-electron chi connectivity index (χ1n) is 9.41. The Kier molecular flexibility index (Phi) is 5.24. The number of amides is 4. The minimum atomic E-state index is -0.788. The second-order valence-electron chi connectivity index (χ2n) is 7.11. The SMILES string of the molecule is Cc1cc(/C=C2/C(=O)NC(=O)N(c3ccc(Br)cc3)C2=O)c(C)n1-c1ccc(O)cc1. The summed E-state index contributed by atoms with van der Waals surface area (Å²) < 4.78 is 2.75. The lowest BCUT2D eigenvalue weighted by molar-refractivity contribution is -0.122. The zero-order chi connectivity index (χ0) is 22.3. The molecule has 2 N–H and O–H groups in total. The highest BCUT2D eigenvalue weighted by molar-refractivity contribution is 9.10. The molecular formula is C23H18BrN3O4. The highest BCUT2D eigenvalue weighted by Crippen LogP contribution is 2.27. The number of urea groups is 1. The van der Waals surface area contributed by atoms with Gasteiger partial charge in [-0.2, -0.15) is 0 Å². The normalized spacial score (nSPS) is 15.5. The monoisotopic (exact) mass is 479 g/mol. The van der Waals surface area contributed by atoms with Crippen molar-refractivity contribution in [3.8, 4) is 11.4 Å². The van der Waals surface area contributed by atoms with Crippen LogP contribution >= 0.6 is 15.9 Å². The highest BCUT2D eigenvalue weighted by Gasteiger charge is 2.37. The lowest BCUT2D eigenvalue weighted by Gasteiger charge is -2.26. The number of aryl methyl sites for hydroxylation is 1. The first kappa shape index (κ1) is 20.6. The van der Waals surface area contributed by atoms with Crippen LogP contribution in [0.4, 0.5) is 10.5 Å². The molecule has 2 aromatic carbocycles. The molecule has 31 heavy (non-hydrogen) atoms. The smallest absolute Gasteiger partial charge is 0.335 e. The third-order valence-electron chi connectivity index (χ3n) is 5.06. The van der Waals surface area contributed by atoms with E-state index in [1.807, 2.05) is 24.5 Å². The van der Waals surface area contributed by atoms with Crippen molar-refractivity contribution in [1.82, 2.24) is 9.88 Å². The number of carbonyl (C=O) groups is 3. The zero-order valence-corrected chi connectivity index (χ0v) is 18.3. The molecular weight excluding hydrogens is 462 g/mol. The molecule has 1 aromatic heterocycles. The number of phenols is 1. The predicted molar refractivity (Wildman–Crippen MR) is 120 cm³/mol. The number of rotatable bonds is 3. The minimum Gasteiger partial charge on any atom is -0.508 e. The molecule has 0 spiro atoms. The van der Waals surface area contributed by atoms with Crippen LogP contribution in [-0.4, -0.2) is 27.5 Å². The standard InChI is InChI=1S/C23H18BrN3O4/c1-13-11-15(14(2)26(13)17-7-9-19(28)10-8-17)12-20-21(29)25-23(31)27(22(20)30)18-5-3-16(24)4-6-18/h3-12,28H,1-2H3,(H,25,29,31)/b20-12-. The van der Waals surface area contributed by atoms with E-state index in [1.165, 1.54) is 6.08 Å². The quantitative estimate of drug-likeness (QED) is 0.434. The first-order chi connectivity index (χ1) is 14.8. The van der Waals surface area contributed by atoms with Gasteiger partial charge in [0.1, 0.15) is 11.3 Å². The number of aromatic nitrogens is 1. The number of nitrogens with one attached hydrogen (secondary N) is 1. The fraction of sp³-hybridized carbons (Fsp3) is 0.0870. The van der Waals surface area contributed by atoms with E-state index in [0.29, 0.717) is 11.3 Å². The number of hydrogen-bond donors (Lipinski definition) is 2. The van der Waals surface area contributed by atoms with Crippen LogP contribution < -0.4 is 10.2 Å². The van der Waals surface area contributed by atoms with E-state index in [4.69, 9.17) is 0 Å². The Balaban J connectivity index is 1.75. The molecule has 1 fully saturated rings. The number of phenolic OH excluding ortho intramolecular Hbond substituents is 1. The zero-order valence-electron chi connectivity index (χ0n) is 16.7. The van der Waals surface area contributed by atoms with Gasteiger partial charge >= 0.3 is 6.03 Å². The third-order valence-corrected chi connectivity index (χ3v) is 5.59. The van der Waals surface area contributed by atoms with Gasteiger partial charge in [0.05, 0.1) is 5.69 Å². The molecule has 0 bridgehead atoms. The number of hydrogen-bond acceptors (Lipinski definition) is 4. The van der Waals surface area contributed by atoms with Crippen molar-refractivity contribution in [2.45, 2.75) is 13.8 Å². The molecule has 0 unspecified atom stereocenters. The van der Waals surface area contributed by atoms with Gasteiger partial charge in [0, 0.05) is 21.5 Å². The maximum atomic E-state index is 13.1. The summed E-state index contributed by atoms with van der Waals surface area (Å²) >= 11 is 3.32. The van der Waals surface area contributed by atoms with Crippen molar-refractivity contribution in [2.75, 3.05) is 4.90 Å². The van der Waals surface area contributed by atoms with Gasteiger partial charge in [-0.05, 0) is 80.1 Å². The molecule has 1 aliphatic rings. The number of imide groups is 2. The fourth-order valence-electron chi connectivity index (χ4n) is 3.57. The van der Waals surface area contributed by atoms with Gasteiger partial charge in [-0.15, -0.1) is 0 Å². The molecule has 0 saturated carbocycles. The summed E-state index contributed by atoms with van der Waals surface area (Å²) in [6, 6.07) is 14.5. The van der Waals surface area contributed by atoms with Crippen LogP contribution in [0.25, 0.3) is 11.8 Å². The van der Waals surface area contributed by atoms with E-state index in [-0.39, 0.29) is 11.3 Å². The average Bonchev–Trinajstić information content (AvgIpc) is 3.00. The average molecular weight is 480 g/mol. The molecule has 4 rings (SSSR count). The second-order valence-corrected chi connectivity index (χ2v) is 8.03. The molecule has 156 valence electrons. The summed E-state index contributed by atoms with van der Waals surface area (Å²) in [7, 11) is 0. The van der Waals surface area contributed by atoms with Crippen LogP contribution in [0.3, 0.4) is 0 Å². The van der Waals surface area contributed by atoms with Crippen LogP contribution in [0.15, 0.2) is 64.6 Å². The van der Waals surface area contributed by atoms with Crippen LogP contribution in [0.1, 0.15) is 17.0 Å². The summed E-state index contributed by atoms with van der Waals surface area (Å²) in [6.45, 7) is 3.78. The van der Waals surface area contributed by atoms with Gasteiger partial charge in [-0.3, -0.25) is 14.9 Å². The number of barbiturate groups is 1. The summed E-state index contributed by atoms with van der Waals surface area (Å²) in [5, 5.41) is 11.8. The third kappa shape index (κ3) is 3.77. The van der Waals surface area contributed by atoms with E-state index in [1.54, 1.807) is 48.5 Å². The lowest BCUT2D eigenvalue weighted by atomic mass is 10.1. The summed E-state index contributed by atoms with van der Waals surface area (Å²) in [5.41, 5.74) is 3.44. The molecule has 0 atom stereocenters. The molecule has 8 heteroatoms. The Morgan fingerprint density at radius 2 is 1.55 bits per heavy atom. The van der Waals surface area contributed by atoms with Gasteiger partial charge in [0.25, 0.3) is 11.8 Å². The number of benzene rings is 2. The Bertz CT molecular complexity index is 1240. The Morgan fingerprint density at radius 3 is 2.19 bits per heavy atom. The molecule has 4 amide bonds. The molecule has 7 nitrogen and oxygen atoms in total.